The number of hydrogen-bond donors (Lipinski definition) is 2. The minimum Gasteiger partial charge on any atom is -0.330 e. The zero-order valence-electron chi connectivity index (χ0n) is 16.2. The number of rotatable bonds is 5. The lowest BCUT2D eigenvalue weighted by molar-refractivity contribution is 0.0733. The van der Waals surface area contributed by atoms with Crippen LogP contribution in [0.25, 0.3) is 21.7 Å². The summed E-state index contributed by atoms with van der Waals surface area (Å²) in [7, 11) is 0. The Morgan fingerprint density at radius 1 is 1.03 bits per heavy atom. The van der Waals surface area contributed by atoms with E-state index in [1.807, 2.05) is 13.0 Å². The third kappa shape index (κ3) is 3.84. The first-order valence-electron chi connectivity index (χ1n) is 9.56. The predicted molar refractivity (Wildman–Crippen MR) is 117 cm³/mol. The number of aromatic amines is 2. The minimum atomic E-state index is -0.339. The summed E-state index contributed by atoms with van der Waals surface area (Å²) in [6, 6.07) is 13.6. The summed E-state index contributed by atoms with van der Waals surface area (Å²) in [5, 5.41) is 2.11. The zero-order chi connectivity index (χ0) is 21.3. The van der Waals surface area contributed by atoms with Gasteiger partial charge < -0.3 is 14.9 Å². The lowest BCUT2D eigenvalue weighted by Gasteiger charge is -2.21. The molecule has 0 bridgehead atoms. The number of H-pyrrole nitrogens is 2. The fraction of sp³-hybridized carbons (Fsp3) is 0.182. The van der Waals surface area contributed by atoms with Crippen molar-refractivity contribution in [1.82, 2.24) is 19.9 Å². The number of halogens is 1. The van der Waals surface area contributed by atoms with Crippen LogP contribution in [0.4, 0.5) is 0 Å². The highest BCUT2D eigenvalue weighted by molar-refractivity contribution is 6.31. The van der Waals surface area contributed by atoms with E-state index in [9.17, 15) is 14.4 Å². The largest absolute Gasteiger partial charge is 0.330 e. The molecule has 0 saturated heterocycles. The third-order valence-electron chi connectivity index (χ3n) is 4.82. The van der Waals surface area contributed by atoms with Crippen molar-refractivity contribution in [1.29, 1.82) is 0 Å². The van der Waals surface area contributed by atoms with Crippen LogP contribution in [0.3, 0.4) is 0 Å². The van der Waals surface area contributed by atoms with Crippen molar-refractivity contribution < 1.29 is 4.79 Å². The molecule has 1 amide bonds. The van der Waals surface area contributed by atoms with Crippen LogP contribution in [0, 0.1) is 0 Å². The van der Waals surface area contributed by atoms with Gasteiger partial charge in [0.25, 0.3) is 17.0 Å². The minimum absolute atomic E-state index is 0.0965. The second-order valence-corrected chi connectivity index (χ2v) is 7.44. The van der Waals surface area contributed by atoms with E-state index in [0.717, 1.165) is 0 Å². The number of nitrogens with one attached hydrogen (secondary N) is 2. The molecule has 7 nitrogen and oxygen atoms in total. The van der Waals surface area contributed by atoms with E-state index >= 15 is 0 Å². The van der Waals surface area contributed by atoms with Crippen molar-refractivity contribution in [2.45, 2.75) is 19.9 Å². The Balaban J connectivity index is 1.71. The van der Waals surface area contributed by atoms with Gasteiger partial charge in [0, 0.05) is 17.0 Å². The Bertz CT molecular complexity index is 1380. The van der Waals surface area contributed by atoms with Crippen LogP contribution in [-0.4, -0.2) is 32.3 Å². The molecule has 2 N–H and O–H groups in total. The molecule has 0 spiro atoms. The summed E-state index contributed by atoms with van der Waals surface area (Å²) in [4.78, 5) is 49.3. The summed E-state index contributed by atoms with van der Waals surface area (Å²) >= 11 is 6.02. The summed E-state index contributed by atoms with van der Waals surface area (Å²) in [5.74, 6) is 0.00764. The molecular weight excluding hydrogens is 404 g/mol. The quantitative estimate of drug-likeness (QED) is 0.514. The van der Waals surface area contributed by atoms with Crippen LogP contribution >= 0.6 is 11.6 Å². The molecule has 30 heavy (non-hydrogen) atoms. The molecule has 0 atom stereocenters. The van der Waals surface area contributed by atoms with Gasteiger partial charge in [-0.05, 0) is 42.1 Å². The number of aromatic nitrogens is 3. The molecule has 8 heteroatoms. The smallest absolute Gasteiger partial charge is 0.270 e. The first-order chi connectivity index (χ1) is 14.5. The van der Waals surface area contributed by atoms with E-state index in [4.69, 9.17) is 11.6 Å². The van der Waals surface area contributed by atoms with Gasteiger partial charge in [0.1, 0.15) is 11.5 Å². The van der Waals surface area contributed by atoms with Gasteiger partial charge in [-0.2, -0.15) is 0 Å². The number of carbonyl (C=O) groups is 1. The Labute approximate surface area is 176 Å². The van der Waals surface area contributed by atoms with Gasteiger partial charge in [0.2, 0.25) is 0 Å². The molecule has 4 aromatic rings. The first kappa shape index (κ1) is 19.8. The number of amides is 1. The number of pyridine rings is 1. The van der Waals surface area contributed by atoms with Crippen LogP contribution in [0.2, 0.25) is 5.02 Å². The van der Waals surface area contributed by atoms with Gasteiger partial charge in [-0.1, -0.05) is 36.7 Å². The fourth-order valence-electron chi connectivity index (χ4n) is 3.44. The summed E-state index contributed by atoms with van der Waals surface area (Å²) < 4.78 is 0. The van der Waals surface area contributed by atoms with E-state index in [0.29, 0.717) is 45.5 Å². The molecule has 2 aromatic heterocycles. The van der Waals surface area contributed by atoms with Crippen molar-refractivity contribution in [3.8, 4) is 0 Å². The van der Waals surface area contributed by atoms with Crippen molar-refractivity contribution >= 4 is 39.2 Å². The molecule has 0 aliphatic heterocycles. The van der Waals surface area contributed by atoms with Crippen LogP contribution in [0.15, 0.2) is 58.1 Å². The predicted octanol–water partition coefficient (Wildman–Crippen LogP) is 3.47. The molecule has 2 heterocycles. The van der Waals surface area contributed by atoms with E-state index in [-0.39, 0.29) is 29.3 Å². The van der Waals surface area contributed by atoms with Gasteiger partial charge in [-0.15, -0.1) is 0 Å². The van der Waals surface area contributed by atoms with Gasteiger partial charge in [0.05, 0.1) is 17.4 Å². The molecule has 0 aliphatic rings. The normalized spacial score (nSPS) is 11.1. The van der Waals surface area contributed by atoms with E-state index in [1.165, 1.54) is 0 Å². The lowest BCUT2D eigenvalue weighted by Crippen LogP contribution is -2.34. The Morgan fingerprint density at radius 2 is 1.80 bits per heavy atom. The average Bonchev–Trinajstić information content (AvgIpc) is 2.72. The maximum atomic E-state index is 13.2. The van der Waals surface area contributed by atoms with Gasteiger partial charge >= 0.3 is 0 Å². The highest BCUT2D eigenvalue weighted by Gasteiger charge is 2.19. The van der Waals surface area contributed by atoms with Crippen molar-refractivity contribution in [3.63, 3.8) is 0 Å². The first-order valence-corrected chi connectivity index (χ1v) is 9.94. The molecule has 4 rings (SSSR count). The highest BCUT2D eigenvalue weighted by atomic mass is 35.5. The summed E-state index contributed by atoms with van der Waals surface area (Å²) in [6.07, 6.45) is 0.702. The summed E-state index contributed by atoms with van der Waals surface area (Å²) in [5.41, 5.74) is 0.0389. The van der Waals surface area contributed by atoms with Crippen molar-refractivity contribution in [2.24, 2.45) is 0 Å². The van der Waals surface area contributed by atoms with Crippen LogP contribution in [-0.2, 0) is 6.54 Å². The summed E-state index contributed by atoms with van der Waals surface area (Å²) in [6.45, 7) is 2.48. The number of fused-ring (bicyclic) bond motifs is 2. The Morgan fingerprint density at radius 3 is 2.60 bits per heavy atom. The maximum absolute atomic E-state index is 13.2. The monoisotopic (exact) mass is 422 g/mol. The molecule has 0 fully saturated rings. The van der Waals surface area contributed by atoms with Crippen molar-refractivity contribution in [3.05, 3.63) is 85.8 Å². The molecule has 0 unspecified atom stereocenters. The number of carbonyl (C=O) groups excluding carboxylic acids is 1. The number of nitrogens with zero attached hydrogens (tertiary/aromatic N) is 2. The van der Waals surface area contributed by atoms with E-state index in [2.05, 4.69) is 15.0 Å². The molecule has 2 aromatic carbocycles. The van der Waals surface area contributed by atoms with Gasteiger partial charge in [0.15, 0.2) is 0 Å². The molecular formula is C22H19ClN4O3. The Hall–Kier alpha value is -3.45. The zero-order valence-corrected chi connectivity index (χ0v) is 17.0. The number of hydrogen-bond acceptors (Lipinski definition) is 4. The topological polar surface area (TPSA) is 98.9 Å². The fourth-order valence-corrected chi connectivity index (χ4v) is 3.60. The molecule has 0 aliphatic carbocycles. The number of benzene rings is 2. The third-order valence-corrected chi connectivity index (χ3v) is 5.06. The molecule has 0 saturated carbocycles. The molecule has 0 radical (unpaired) electrons. The van der Waals surface area contributed by atoms with Gasteiger partial charge in [-0.25, -0.2) is 4.98 Å². The van der Waals surface area contributed by atoms with Crippen LogP contribution in [0.1, 0.15) is 29.7 Å². The van der Waals surface area contributed by atoms with Crippen LogP contribution < -0.4 is 11.1 Å². The van der Waals surface area contributed by atoms with Crippen molar-refractivity contribution in [2.75, 3.05) is 6.54 Å². The SMILES string of the molecule is CCCN(Cc1nc2cc(Cl)ccc2c(=O)[nH]1)C(=O)c1cc2ccccc2c(=O)[nH]1. The van der Waals surface area contributed by atoms with E-state index < -0.39 is 0 Å². The second kappa shape index (κ2) is 8.12. The lowest BCUT2D eigenvalue weighted by atomic mass is 10.1. The Kier molecular flexibility index (Phi) is 5.37. The standard InChI is InChI=1S/C22H19ClN4O3/c1-2-9-27(12-19-24-17-11-14(23)7-8-16(17)21(29)26-19)22(30)18-10-13-5-3-4-6-15(13)20(28)25-18/h3-8,10-11H,2,9,12H2,1H3,(H,25,28)(H,24,26,29). The average molecular weight is 423 g/mol. The highest BCUT2D eigenvalue weighted by Crippen LogP contribution is 2.16. The van der Waals surface area contributed by atoms with Crippen LogP contribution in [0.5, 0.6) is 0 Å². The van der Waals surface area contributed by atoms with Gasteiger partial charge in [-0.3, -0.25) is 14.4 Å². The van der Waals surface area contributed by atoms with E-state index in [1.54, 1.807) is 47.4 Å². The second-order valence-electron chi connectivity index (χ2n) is 7.00. The maximum Gasteiger partial charge on any atom is 0.270 e. The molecule has 152 valence electrons.